The van der Waals surface area contributed by atoms with E-state index in [1.165, 1.54) is 11.1 Å². The standard InChI is InChI=1S/C11H17BrN2/c1-3-8-5-9(4-2)7-10(6-8)11(12,13)14/h5-7H,3-4,13-14H2,1-2H3. The molecular weight excluding hydrogens is 240 g/mol. The average Bonchev–Trinajstić information content (AvgIpc) is 2.15. The second-order valence-corrected chi connectivity index (χ2v) is 4.83. The summed E-state index contributed by atoms with van der Waals surface area (Å²) in [5.41, 5.74) is 15.1. The maximum absolute atomic E-state index is 5.80. The van der Waals surface area contributed by atoms with Gasteiger partial charge in [-0.1, -0.05) is 32.0 Å². The molecule has 2 nitrogen and oxygen atoms in total. The molecule has 0 radical (unpaired) electrons. The van der Waals surface area contributed by atoms with Crippen molar-refractivity contribution in [3.05, 3.63) is 34.9 Å². The van der Waals surface area contributed by atoms with E-state index in [0.29, 0.717) is 0 Å². The van der Waals surface area contributed by atoms with Crippen molar-refractivity contribution in [3.63, 3.8) is 0 Å². The van der Waals surface area contributed by atoms with Crippen LogP contribution in [0.1, 0.15) is 30.5 Å². The summed E-state index contributed by atoms with van der Waals surface area (Å²) in [6, 6.07) is 6.30. The lowest BCUT2D eigenvalue weighted by Crippen LogP contribution is -2.39. The summed E-state index contributed by atoms with van der Waals surface area (Å²) in [5.74, 6) is 0. The van der Waals surface area contributed by atoms with E-state index in [4.69, 9.17) is 11.5 Å². The number of nitrogens with two attached hydrogens (primary N) is 2. The molecule has 14 heavy (non-hydrogen) atoms. The molecule has 0 bridgehead atoms. The molecule has 0 heterocycles. The van der Waals surface area contributed by atoms with Crippen molar-refractivity contribution in [2.75, 3.05) is 0 Å². The molecule has 0 unspecified atom stereocenters. The summed E-state index contributed by atoms with van der Waals surface area (Å²) in [6.45, 7) is 4.25. The molecule has 0 aliphatic rings. The second kappa shape index (κ2) is 4.43. The first-order chi connectivity index (χ1) is 6.47. The molecule has 1 rings (SSSR count). The number of aryl methyl sites for hydroxylation is 2. The number of hydrogen-bond donors (Lipinski definition) is 2. The molecule has 0 spiro atoms. The maximum Gasteiger partial charge on any atom is 0.147 e. The number of benzene rings is 1. The molecule has 3 heteroatoms. The van der Waals surface area contributed by atoms with Gasteiger partial charge in [-0.2, -0.15) is 0 Å². The fraction of sp³-hybridized carbons (Fsp3) is 0.455. The van der Waals surface area contributed by atoms with Crippen LogP contribution in [0.2, 0.25) is 0 Å². The zero-order valence-electron chi connectivity index (χ0n) is 8.68. The number of rotatable bonds is 3. The van der Waals surface area contributed by atoms with Crippen LogP contribution in [-0.4, -0.2) is 0 Å². The van der Waals surface area contributed by atoms with Gasteiger partial charge in [0.2, 0.25) is 0 Å². The molecule has 1 aromatic carbocycles. The van der Waals surface area contributed by atoms with Gasteiger partial charge in [0.1, 0.15) is 4.57 Å². The smallest absolute Gasteiger partial charge is 0.147 e. The summed E-state index contributed by atoms with van der Waals surface area (Å²) < 4.78 is -0.915. The summed E-state index contributed by atoms with van der Waals surface area (Å²) in [4.78, 5) is 0. The van der Waals surface area contributed by atoms with Crippen molar-refractivity contribution in [2.24, 2.45) is 11.5 Å². The van der Waals surface area contributed by atoms with E-state index in [0.717, 1.165) is 18.4 Å². The van der Waals surface area contributed by atoms with E-state index in [1.807, 2.05) is 12.1 Å². The van der Waals surface area contributed by atoms with Crippen LogP contribution in [0.3, 0.4) is 0 Å². The van der Waals surface area contributed by atoms with E-state index in [9.17, 15) is 0 Å². The summed E-state index contributed by atoms with van der Waals surface area (Å²) in [5, 5.41) is 0. The molecule has 0 aliphatic carbocycles. The van der Waals surface area contributed by atoms with Gasteiger partial charge in [-0.25, -0.2) is 0 Å². The predicted molar refractivity (Wildman–Crippen MR) is 64.2 cm³/mol. The van der Waals surface area contributed by atoms with Crippen molar-refractivity contribution in [1.82, 2.24) is 0 Å². The van der Waals surface area contributed by atoms with Gasteiger partial charge >= 0.3 is 0 Å². The first-order valence-corrected chi connectivity index (χ1v) is 5.66. The SMILES string of the molecule is CCc1cc(CC)cc(C(N)(N)Br)c1. The highest BCUT2D eigenvalue weighted by molar-refractivity contribution is 9.09. The maximum atomic E-state index is 5.80. The Morgan fingerprint density at radius 1 is 1.07 bits per heavy atom. The van der Waals surface area contributed by atoms with E-state index in [-0.39, 0.29) is 0 Å². The molecule has 0 fully saturated rings. The molecule has 0 aliphatic heterocycles. The van der Waals surface area contributed by atoms with Crippen LogP contribution in [0.15, 0.2) is 18.2 Å². The Labute approximate surface area is 93.8 Å². The molecule has 0 atom stereocenters. The molecule has 1 aromatic rings. The average molecular weight is 257 g/mol. The van der Waals surface area contributed by atoms with E-state index >= 15 is 0 Å². The predicted octanol–water partition coefficient (Wildman–Crippen LogP) is 2.23. The van der Waals surface area contributed by atoms with Gasteiger partial charge < -0.3 is 11.5 Å². The van der Waals surface area contributed by atoms with Crippen LogP contribution in [0, 0.1) is 0 Å². The summed E-state index contributed by atoms with van der Waals surface area (Å²) >= 11 is 3.27. The second-order valence-electron chi connectivity index (χ2n) is 3.51. The quantitative estimate of drug-likeness (QED) is 0.495. The van der Waals surface area contributed by atoms with Crippen molar-refractivity contribution < 1.29 is 0 Å². The van der Waals surface area contributed by atoms with Crippen molar-refractivity contribution in [3.8, 4) is 0 Å². The fourth-order valence-electron chi connectivity index (χ4n) is 1.39. The molecule has 0 saturated heterocycles. The summed E-state index contributed by atoms with van der Waals surface area (Å²) in [6.07, 6.45) is 2.01. The van der Waals surface area contributed by atoms with Crippen LogP contribution >= 0.6 is 15.9 Å². The first-order valence-electron chi connectivity index (χ1n) is 4.87. The molecule has 0 saturated carbocycles. The van der Waals surface area contributed by atoms with Crippen LogP contribution in [0.4, 0.5) is 0 Å². The van der Waals surface area contributed by atoms with Gasteiger partial charge in [0, 0.05) is 0 Å². The largest absolute Gasteiger partial charge is 0.301 e. The lowest BCUT2D eigenvalue weighted by Gasteiger charge is -2.19. The minimum atomic E-state index is -0.915. The van der Waals surface area contributed by atoms with Gasteiger partial charge in [0.25, 0.3) is 0 Å². The number of hydrogen-bond acceptors (Lipinski definition) is 2. The fourth-order valence-corrected chi connectivity index (χ4v) is 1.62. The Kier molecular flexibility index (Phi) is 3.70. The third-order valence-corrected chi connectivity index (χ3v) is 2.77. The first kappa shape index (κ1) is 11.7. The Morgan fingerprint density at radius 3 is 1.79 bits per heavy atom. The zero-order chi connectivity index (χ0) is 10.8. The van der Waals surface area contributed by atoms with Crippen LogP contribution < -0.4 is 11.5 Å². The highest BCUT2D eigenvalue weighted by atomic mass is 79.9. The Bertz CT molecular complexity index is 293. The Morgan fingerprint density at radius 2 is 1.50 bits per heavy atom. The van der Waals surface area contributed by atoms with Crippen LogP contribution in [0.25, 0.3) is 0 Å². The van der Waals surface area contributed by atoms with Crippen molar-refractivity contribution in [1.29, 1.82) is 0 Å². The zero-order valence-corrected chi connectivity index (χ0v) is 10.3. The van der Waals surface area contributed by atoms with Crippen LogP contribution in [0.5, 0.6) is 0 Å². The minimum Gasteiger partial charge on any atom is -0.301 e. The molecular formula is C11H17BrN2. The number of halogens is 1. The van der Waals surface area contributed by atoms with Crippen LogP contribution in [-0.2, 0) is 17.4 Å². The van der Waals surface area contributed by atoms with Crippen molar-refractivity contribution >= 4 is 15.9 Å². The highest BCUT2D eigenvalue weighted by Crippen LogP contribution is 2.22. The normalized spacial score (nSPS) is 11.8. The molecule has 0 aromatic heterocycles. The minimum absolute atomic E-state index is 0.915. The molecule has 4 N–H and O–H groups in total. The van der Waals surface area contributed by atoms with E-state index < -0.39 is 4.57 Å². The van der Waals surface area contributed by atoms with Gasteiger partial charge in [0.05, 0.1) is 0 Å². The highest BCUT2D eigenvalue weighted by Gasteiger charge is 2.17. The van der Waals surface area contributed by atoms with E-state index in [2.05, 4.69) is 35.8 Å². The monoisotopic (exact) mass is 256 g/mol. The third-order valence-electron chi connectivity index (χ3n) is 2.31. The van der Waals surface area contributed by atoms with Gasteiger partial charge in [-0.05, 0) is 45.5 Å². The third kappa shape index (κ3) is 2.80. The van der Waals surface area contributed by atoms with Gasteiger partial charge in [0.15, 0.2) is 0 Å². The topological polar surface area (TPSA) is 52.0 Å². The Hall–Kier alpha value is -0.380. The van der Waals surface area contributed by atoms with Gasteiger partial charge in [-0.15, -0.1) is 0 Å². The van der Waals surface area contributed by atoms with Crippen molar-refractivity contribution in [2.45, 2.75) is 31.3 Å². The van der Waals surface area contributed by atoms with Gasteiger partial charge in [-0.3, -0.25) is 0 Å². The summed E-state index contributed by atoms with van der Waals surface area (Å²) in [7, 11) is 0. The lowest BCUT2D eigenvalue weighted by molar-refractivity contribution is 0.711. The molecule has 0 amide bonds. The van der Waals surface area contributed by atoms with E-state index in [1.54, 1.807) is 0 Å². The lowest BCUT2D eigenvalue weighted by atomic mass is 10.0. The number of alkyl halides is 1. The Balaban J connectivity index is 3.17. The molecule has 78 valence electrons.